The van der Waals surface area contributed by atoms with Crippen molar-refractivity contribution in [3.8, 4) is 0 Å². The van der Waals surface area contributed by atoms with Gasteiger partial charge >= 0.3 is 0 Å². The molecule has 0 aliphatic heterocycles. The second-order valence-electron chi connectivity index (χ2n) is 10.1. The number of rotatable bonds is 16. The molecule has 6 amide bonds. The maximum atomic E-state index is 13.4. The zero-order chi connectivity index (χ0) is 32.2. The first kappa shape index (κ1) is 33.0. The second-order valence-corrected chi connectivity index (χ2v) is 10.1. The van der Waals surface area contributed by atoms with E-state index < -0.39 is 66.7 Å². The zero-order valence-electron chi connectivity index (χ0n) is 24.5. The van der Waals surface area contributed by atoms with Crippen molar-refractivity contribution >= 4 is 35.4 Å². The van der Waals surface area contributed by atoms with Crippen molar-refractivity contribution in [3.63, 3.8) is 0 Å². The summed E-state index contributed by atoms with van der Waals surface area (Å²) in [6.07, 6.45) is 8.97. The van der Waals surface area contributed by atoms with Crippen LogP contribution >= 0.6 is 0 Å². The summed E-state index contributed by atoms with van der Waals surface area (Å²) in [4.78, 5) is 98.3. The van der Waals surface area contributed by atoms with Gasteiger partial charge in [-0.3, -0.25) is 28.8 Å². The second kappa shape index (κ2) is 15.6. The number of hydrogen-bond donors (Lipinski definition) is 7. The Morgan fingerprint density at radius 2 is 1.05 bits per heavy atom. The van der Waals surface area contributed by atoms with E-state index in [1.165, 1.54) is 58.6 Å². The number of imidazole rings is 3. The molecule has 0 saturated heterocycles. The molecule has 3 atom stereocenters. The summed E-state index contributed by atoms with van der Waals surface area (Å²) >= 11 is 0. The number of hydrogen-bond acceptors (Lipinski definition) is 9. The highest BCUT2D eigenvalue weighted by atomic mass is 16.2. The fourth-order valence-electron chi connectivity index (χ4n) is 4.32. The first-order chi connectivity index (χ1) is 20.9. The molecule has 0 spiro atoms. The Morgan fingerprint density at radius 3 is 1.39 bits per heavy atom. The van der Waals surface area contributed by atoms with Gasteiger partial charge in [0.2, 0.25) is 35.4 Å². The van der Waals surface area contributed by atoms with Crippen LogP contribution in [0.4, 0.5) is 0 Å². The number of carbonyl (C=O) groups is 6. The third kappa shape index (κ3) is 10.1. The van der Waals surface area contributed by atoms with Gasteiger partial charge in [0.25, 0.3) is 0 Å². The number of primary amides is 1. The fourth-order valence-corrected chi connectivity index (χ4v) is 4.32. The van der Waals surface area contributed by atoms with Crippen LogP contribution in [0.3, 0.4) is 0 Å². The van der Waals surface area contributed by atoms with E-state index in [0.717, 1.165) is 9.80 Å². The molecule has 0 aliphatic rings. The lowest BCUT2D eigenvalue weighted by atomic mass is 10.1. The summed E-state index contributed by atoms with van der Waals surface area (Å²) in [6, 6.07) is -3.15. The molecule has 3 heterocycles. The standard InChI is InChI=1S/C26H36N12O6/c1-15(39)34-20(5-17-8-29-13-32-17)25(43)37(2)11-23(41)36-21(6-18-9-30-14-33-18)26(44)38(3)10-22(40)35-19(24(27)42)4-16-7-28-12-31-16/h7-9,12-14,19-21H,4-6,10-11H2,1-3H3,(H2,27,42)(H,28,31)(H,29,32)(H,30,33)(H,34,39)(H,35,40)(H,36,41)/t19-,20-,21-/m0/s1. The molecule has 44 heavy (non-hydrogen) atoms. The van der Waals surface area contributed by atoms with E-state index in [4.69, 9.17) is 5.73 Å². The number of nitrogens with two attached hydrogens (primary N) is 1. The minimum atomic E-state index is -1.14. The number of aromatic nitrogens is 6. The third-order valence-corrected chi connectivity index (χ3v) is 6.44. The summed E-state index contributed by atoms with van der Waals surface area (Å²) in [6.45, 7) is 0.407. The number of nitrogens with one attached hydrogen (secondary N) is 6. The molecule has 3 aromatic heterocycles. The number of amides is 6. The van der Waals surface area contributed by atoms with Crippen LogP contribution in [0, 0.1) is 0 Å². The van der Waals surface area contributed by atoms with Crippen molar-refractivity contribution in [3.05, 3.63) is 54.7 Å². The lowest BCUT2D eigenvalue weighted by molar-refractivity contribution is -0.140. The van der Waals surface area contributed by atoms with Gasteiger partial charge in [-0.25, -0.2) is 15.0 Å². The van der Waals surface area contributed by atoms with E-state index in [-0.39, 0.29) is 19.3 Å². The van der Waals surface area contributed by atoms with Gasteiger partial charge in [0.1, 0.15) is 18.1 Å². The maximum Gasteiger partial charge on any atom is 0.245 e. The van der Waals surface area contributed by atoms with E-state index in [0.29, 0.717) is 17.1 Å². The predicted octanol–water partition coefficient (Wildman–Crippen LogP) is -3.24. The molecule has 0 aliphatic carbocycles. The molecular weight excluding hydrogens is 576 g/mol. The lowest BCUT2D eigenvalue weighted by Gasteiger charge is -2.27. The minimum Gasteiger partial charge on any atom is -0.368 e. The van der Waals surface area contributed by atoms with Crippen LogP contribution < -0.4 is 21.7 Å². The van der Waals surface area contributed by atoms with Crippen molar-refractivity contribution in [2.24, 2.45) is 5.73 Å². The van der Waals surface area contributed by atoms with E-state index in [2.05, 4.69) is 45.9 Å². The Morgan fingerprint density at radius 1 is 0.682 bits per heavy atom. The van der Waals surface area contributed by atoms with Crippen molar-refractivity contribution < 1.29 is 28.8 Å². The lowest BCUT2D eigenvalue weighted by Crippen LogP contribution is -2.55. The Hall–Kier alpha value is -5.55. The predicted molar refractivity (Wildman–Crippen MR) is 153 cm³/mol. The fraction of sp³-hybridized carbons (Fsp3) is 0.423. The molecule has 0 unspecified atom stereocenters. The summed E-state index contributed by atoms with van der Waals surface area (Å²) in [5, 5.41) is 7.69. The molecule has 0 bridgehead atoms. The molecular formula is C26H36N12O6. The average Bonchev–Trinajstić information content (AvgIpc) is 3.75. The van der Waals surface area contributed by atoms with E-state index in [9.17, 15) is 28.8 Å². The Balaban J connectivity index is 1.63. The highest BCUT2D eigenvalue weighted by molar-refractivity contribution is 5.94. The van der Waals surface area contributed by atoms with Crippen LogP contribution in [-0.4, -0.2) is 120 Å². The number of H-pyrrole nitrogens is 3. The summed E-state index contributed by atoms with van der Waals surface area (Å²) < 4.78 is 0. The van der Waals surface area contributed by atoms with Crippen LogP contribution in [-0.2, 0) is 48.0 Å². The van der Waals surface area contributed by atoms with Gasteiger partial charge in [0.05, 0.1) is 32.1 Å². The Kier molecular flexibility index (Phi) is 11.7. The van der Waals surface area contributed by atoms with Gasteiger partial charge < -0.3 is 46.4 Å². The third-order valence-electron chi connectivity index (χ3n) is 6.44. The SMILES string of the molecule is CC(=O)N[C@@H](Cc1cnc[nH]1)C(=O)N(C)CC(=O)N[C@@H](Cc1cnc[nH]1)C(=O)N(C)CC(=O)N[C@@H](Cc1cnc[nH]1)C(N)=O. The van der Waals surface area contributed by atoms with Crippen molar-refractivity contribution in [1.82, 2.24) is 55.7 Å². The molecule has 0 aromatic carbocycles. The molecule has 236 valence electrons. The highest BCUT2D eigenvalue weighted by Gasteiger charge is 2.30. The molecule has 3 aromatic rings. The van der Waals surface area contributed by atoms with E-state index >= 15 is 0 Å². The summed E-state index contributed by atoms with van der Waals surface area (Å²) in [7, 11) is 2.76. The Labute approximate surface area is 252 Å². The Bertz CT molecular complexity index is 1410. The monoisotopic (exact) mass is 612 g/mol. The van der Waals surface area contributed by atoms with Crippen molar-refractivity contribution in [1.29, 1.82) is 0 Å². The molecule has 0 saturated carbocycles. The number of carbonyl (C=O) groups excluding carboxylic acids is 6. The van der Waals surface area contributed by atoms with Gasteiger partial charge in [-0.05, 0) is 0 Å². The van der Waals surface area contributed by atoms with Crippen molar-refractivity contribution in [2.75, 3.05) is 27.2 Å². The maximum absolute atomic E-state index is 13.4. The van der Waals surface area contributed by atoms with Gasteiger partial charge in [0.15, 0.2) is 0 Å². The van der Waals surface area contributed by atoms with E-state index in [1.807, 2.05) is 0 Å². The van der Waals surface area contributed by atoms with Gasteiger partial charge in [0, 0.05) is 76.0 Å². The van der Waals surface area contributed by atoms with Crippen LogP contribution in [0.2, 0.25) is 0 Å². The quantitative estimate of drug-likeness (QED) is 0.0856. The molecule has 18 heteroatoms. The zero-order valence-corrected chi connectivity index (χ0v) is 24.5. The highest BCUT2D eigenvalue weighted by Crippen LogP contribution is 2.06. The van der Waals surface area contributed by atoms with Crippen LogP contribution in [0.1, 0.15) is 24.0 Å². The molecule has 0 fully saturated rings. The molecule has 8 N–H and O–H groups in total. The summed E-state index contributed by atoms with van der Waals surface area (Å²) in [5.41, 5.74) is 7.15. The first-order valence-electron chi connectivity index (χ1n) is 13.5. The number of nitrogens with zero attached hydrogens (tertiary/aromatic N) is 5. The van der Waals surface area contributed by atoms with Crippen LogP contribution in [0.25, 0.3) is 0 Å². The smallest absolute Gasteiger partial charge is 0.245 e. The number of aromatic amines is 3. The first-order valence-corrected chi connectivity index (χ1v) is 13.5. The largest absolute Gasteiger partial charge is 0.368 e. The van der Waals surface area contributed by atoms with Gasteiger partial charge in [-0.15, -0.1) is 0 Å². The van der Waals surface area contributed by atoms with E-state index in [1.54, 1.807) is 0 Å². The molecule has 0 radical (unpaired) electrons. The normalized spacial score (nSPS) is 12.8. The topological polar surface area (TPSA) is 257 Å². The average molecular weight is 613 g/mol. The minimum absolute atomic E-state index is 0.00622. The van der Waals surface area contributed by atoms with Crippen LogP contribution in [0.15, 0.2) is 37.6 Å². The molecule has 3 rings (SSSR count). The van der Waals surface area contributed by atoms with Gasteiger partial charge in [-0.2, -0.15) is 0 Å². The van der Waals surface area contributed by atoms with Gasteiger partial charge in [-0.1, -0.05) is 0 Å². The molecule has 18 nitrogen and oxygen atoms in total. The summed E-state index contributed by atoms with van der Waals surface area (Å²) in [5.74, 6) is -3.65. The van der Waals surface area contributed by atoms with Crippen LogP contribution in [0.5, 0.6) is 0 Å². The number of likely N-dealkylation sites (N-methyl/N-ethyl adjacent to an activating group) is 2. The van der Waals surface area contributed by atoms with Crippen molar-refractivity contribution in [2.45, 2.75) is 44.3 Å².